The third-order valence-electron chi connectivity index (χ3n) is 3.76. The number of nitrogens with zero attached hydrogens (tertiary/aromatic N) is 3. The summed E-state index contributed by atoms with van der Waals surface area (Å²) in [6.07, 6.45) is 4.94. The maximum absolute atomic E-state index is 9.66. The molecule has 0 atom stereocenters. The number of unbranched alkanes of at least 4 members (excludes halogenated alkanes) is 2. The Hall–Kier alpha value is -2.04. The van der Waals surface area contributed by atoms with Crippen LogP contribution in [0.15, 0.2) is 18.2 Å². The van der Waals surface area contributed by atoms with Crippen LogP contribution in [0.4, 0.5) is 0 Å². The Kier molecular flexibility index (Phi) is 5.29. The van der Waals surface area contributed by atoms with Crippen molar-refractivity contribution in [3.8, 4) is 11.5 Å². The van der Waals surface area contributed by atoms with E-state index in [1.807, 2.05) is 4.68 Å². The van der Waals surface area contributed by atoms with E-state index in [9.17, 15) is 10.2 Å². The van der Waals surface area contributed by atoms with Crippen molar-refractivity contribution in [3.63, 3.8) is 0 Å². The Morgan fingerprint density at radius 3 is 2.43 bits per heavy atom. The van der Waals surface area contributed by atoms with Crippen molar-refractivity contribution in [2.75, 3.05) is 0 Å². The van der Waals surface area contributed by atoms with Crippen LogP contribution in [0.25, 0.3) is 0 Å². The van der Waals surface area contributed by atoms with Crippen LogP contribution in [0, 0.1) is 0 Å². The van der Waals surface area contributed by atoms with Gasteiger partial charge in [-0.25, -0.2) is 9.67 Å². The summed E-state index contributed by atoms with van der Waals surface area (Å²) in [5, 5.41) is 23.8. The molecule has 2 rings (SSSR count). The highest BCUT2D eigenvalue weighted by Gasteiger charge is 2.21. The monoisotopic (exact) mass is 317 g/mol. The van der Waals surface area contributed by atoms with E-state index in [1.165, 1.54) is 18.9 Å². The van der Waals surface area contributed by atoms with Gasteiger partial charge in [-0.1, -0.05) is 25.8 Å². The smallest absolute Gasteiger partial charge is 0.157 e. The van der Waals surface area contributed by atoms with Crippen LogP contribution in [0.1, 0.15) is 64.2 Å². The van der Waals surface area contributed by atoms with Gasteiger partial charge < -0.3 is 10.2 Å². The molecule has 126 valence electrons. The molecule has 0 aliphatic rings. The van der Waals surface area contributed by atoms with Crippen molar-refractivity contribution in [3.05, 3.63) is 35.4 Å². The van der Waals surface area contributed by atoms with Gasteiger partial charge in [0.2, 0.25) is 0 Å². The maximum Gasteiger partial charge on any atom is 0.157 e. The lowest BCUT2D eigenvalue weighted by Gasteiger charge is -2.21. The number of hydrogen-bond donors (Lipinski definition) is 2. The number of phenols is 2. The van der Waals surface area contributed by atoms with Gasteiger partial charge >= 0.3 is 0 Å². The molecule has 1 heterocycles. The molecule has 0 aliphatic heterocycles. The average molecular weight is 317 g/mol. The van der Waals surface area contributed by atoms with Gasteiger partial charge in [0.15, 0.2) is 17.3 Å². The van der Waals surface area contributed by atoms with Gasteiger partial charge in [0.1, 0.15) is 5.82 Å². The Bertz CT molecular complexity index is 657. The van der Waals surface area contributed by atoms with Crippen LogP contribution < -0.4 is 0 Å². The molecular weight excluding hydrogens is 290 g/mol. The van der Waals surface area contributed by atoms with Gasteiger partial charge in [0.25, 0.3) is 0 Å². The number of aryl methyl sites for hydroxylation is 1. The van der Waals surface area contributed by atoms with E-state index >= 15 is 0 Å². The van der Waals surface area contributed by atoms with Gasteiger partial charge in [0, 0.05) is 12.8 Å². The molecular formula is C18H27N3O2. The first-order valence-corrected chi connectivity index (χ1v) is 8.27. The van der Waals surface area contributed by atoms with Crippen molar-refractivity contribution >= 4 is 0 Å². The van der Waals surface area contributed by atoms with E-state index in [0.29, 0.717) is 6.42 Å². The van der Waals surface area contributed by atoms with Crippen LogP contribution >= 0.6 is 0 Å². The molecule has 0 bridgehead atoms. The summed E-state index contributed by atoms with van der Waals surface area (Å²) < 4.78 is 1.97. The summed E-state index contributed by atoms with van der Waals surface area (Å²) in [4.78, 5) is 4.70. The largest absolute Gasteiger partial charge is 0.504 e. The molecule has 0 aliphatic carbocycles. The summed E-state index contributed by atoms with van der Waals surface area (Å²) in [7, 11) is 0. The van der Waals surface area contributed by atoms with Gasteiger partial charge in [-0.05, 0) is 44.9 Å². The molecule has 2 N–H and O–H groups in total. The lowest BCUT2D eigenvalue weighted by atomic mass is 10.1. The van der Waals surface area contributed by atoms with Crippen molar-refractivity contribution in [2.24, 2.45) is 0 Å². The first-order chi connectivity index (χ1) is 10.8. The van der Waals surface area contributed by atoms with Crippen molar-refractivity contribution in [1.82, 2.24) is 14.8 Å². The average Bonchev–Trinajstić information content (AvgIpc) is 2.86. The zero-order valence-electron chi connectivity index (χ0n) is 14.5. The molecule has 0 radical (unpaired) electrons. The Balaban J connectivity index is 2.26. The minimum atomic E-state index is -0.149. The number of rotatable bonds is 6. The second-order valence-electron chi connectivity index (χ2n) is 6.98. The number of hydrogen-bond acceptors (Lipinski definition) is 4. The quantitative estimate of drug-likeness (QED) is 0.628. The minimum Gasteiger partial charge on any atom is -0.504 e. The molecule has 2 aromatic rings. The number of phenolic OH excluding ortho intramolecular Hbond substituents is 2. The normalized spacial score (nSPS) is 11.8. The van der Waals surface area contributed by atoms with Crippen LogP contribution in [-0.4, -0.2) is 25.0 Å². The zero-order chi connectivity index (χ0) is 17.0. The summed E-state index contributed by atoms with van der Waals surface area (Å²) in [6, 6.07) is 4.88. The highest BCUT2D eigenvalue weighted by atomic mass is 16.3. The molecule has 1 aromatic carbocycles. The van der Waals surface area contributed by atoms with E-state index < -0.39 is 0 Å². The second kappa shape index (κ2) is 7.02. The Labute approximate surface area is 138 Å². The van der Waals surface area contributed by atoms with Gasteiger partial charge in [-0.3, -0.25) is 0 Å². The predicted octanol–water partition coefficient (Wildman–Crippen LogP) is 3.77. The van der Waals surface area contributed by atoms with Gasteiger partial charge in [-0.15, -0.1) is 0 Å². The molecule has 0 amide bonds. The second-order valence-corrected chi connectivity index (χ2v) is 6.98. The fourth-order valence-corrected chi connectivity index (χ4v) is 2.54. The number of benzene rings is 1. The molecule has 0 saturated heterocycles. The van der Waals surface area contributed by atoms with E-state index in [4.69, 9.17) is 4.98 Å². The van der Waals surface area contributed by atoms with Crippen molar-refractivity contribution in [2.45, 2.75) is 65.3 Å². The third-order valence-corrected chi connectivity index (χ3v) is 3.76. The molecule has 0 unspecified atom stereocenters. The molecule has 0 fully saturated rings. The highest BCUT2D eigenvalue weighted by molar-refractivity contribution is 5.41. The minimum absolute atomic E-state index is 0.104. The lowest BCUT2D eigenvalue weighted by molar-refractivity contribution is 0.341. The van der Waals surface area contributed by atoms with Crippen LogP contribution in [0.3, 0.4) is 0 Å². The fraction of sp³-hybridized carbons (Fsp3) is 0.556. The van der Waals surface area contributed by atoms with Gasteiger partial charge in [-0.2, -0.15) is 5.10 Å². The zero-order valence-corrected chi connectivity index (χ0v) is 14.5. The number of aromatic hydroxyl groups is 2. The SMILES string of the molecule is CCCCCc1nc(Cc2ccc(O)c(O)c2)n(C(C)(C)C)n1. The highest BCUT2D eigenvalue weighted by Crippen LogP contribution is 2.26. The maximum atomic E-state index is 9.66. The van der Waals surface area contributed by atoms with Crippen molar-refractivity contribution in [1.29, 1.82) is 0 Å². The summed E-state index contributed by atoms with van der Waals surface area (Å²) in [5.74, 6) is 1.55. The Morgan fingerprint density at radius 1 is 1.09 bits per heavy atom. The van der Waals surface area contributed by atoms with E-state index in [1.54, 1.807) is 12.1 Å². The van der Waals surface area contributed by atoms with Crippen LogP contribution in [0.5, 0.6) is 11.5 Å². The topological polar surface area (TPSA) is 71.2 Å². The lowest BCUT2D eigenvalue weighted by Crippen LogP contribution is -2.25. The van der Waals surface area contributed by atoms with Crippen molar-refractivity contribution < 1.29 is 10.2 Å². The molecule has 1 aromatic heterocycles. The Morgan fingerprint density at radius 2 is 1.83 bits per heavy atom. The van der Waals surface area contributed by atoms with E-state index in [0.717, 1.165) is 30.1 Å². The first-order valence-electron chi connectivity index (χ1n) is 8.27. The predicted molar refractivity (Wildman–Crippen MR) is 90.8 cm³/mol. The van der Waals surface area contributed by atoms with E-state index in [-0.39, 0.29) is 17.0 Å². The summed E-state index contributed by atoms with van der Waals surface area (Å²) >= 11 is 0. The van der Waals surface area contributed by atoms with Gasteiger partial charge in [0.05, 0.1) is 5.54 Å². The third kappa shape index (κ3) is 4.47. The molecule has 23 heavy (non-hydrogen) atoms. The van der Waals surface area contributed by atoms with E-state index in [2.05, 4.69) is 32.8 Å². The van der Waals surface area contributed by atoms with Crippen LogP contribution in [-0.2, 0) is 18.4 Å². The number of aromatic nitrogens is 3. The molecule has 5 heteroatoms. The fourth-order valence-electron chi connectivity index (χ4n) is 2.54. The van der Waals surface area contributed by atoms with Crippen LogP contribution in [0.2, 0.25) is 0 Å². The molecule has 5 nitrogen and oxygen atoms in total. The molecule has 0 spiro atoms. The molecule has 0 saturated carbocycles. The standard InChI is InChI=1S/C18H27N3O2/c1-5-6-7-8-16-19-17(21(20-16)18(2,3)4)12-13-9-10-14(22)15(23)11-13/h9-11,22-23H,5-8,12H2,1-4H3. The summed E-state index contributed by atoms with van der Waals surface area (Å²) in [5.41, 5.74) is 0.753. The summed E-state index contributed by atoms with van der Waals surface area (Å²) in [6.45, 7) is 8.50. The first kappa shape index (κ1) is 17.3.